The Morgan fingerprint density at radius 3 is 2.83 bits per heavy atom. The number of likely N-dealkylation sites (N-methyl/N-ethyl adjacent to an activating group) is 1. The number of fused-ring (bicyclic) bond motifs is 1. The van der Waals surface area contributed by atoms with Crippen LogP contribution in [0.2, 0.25) is 0 Å². The summed E-state index contributed by atoms with van der Waals surface area (Å²) in [5, 5.41) is 10.3. The number of nitrogens with zero attached hydrogens (tertiary/aromatic N) is 4. The molecule has 1 aliphatic rings. The van der Waals surface area contributed by atoms with Gasteiger partial charge in [-0.2, -0.15) is 5.10 Å². The molecule has 0 bridgehead atoms. The number of thiazole rings is 1. The minimum absolute atomic E-state index is 0.205. The monoisotopic (exact) mass is 421 g/mol. The first-order valence-electron chi connectivity index (χ1n) is 9.35. The quantitative estimate of drug-likeness (QED) is 0.534. The molecule has 0 unspecified atom stereocenters. The Morgan fingerprint density at radius 1 is 1.17 bits per heavy atom. The highest BCUT2D eigenvalue weighted by molar-refractivity contribution is 7.16. The van der Waals surface area contributed by atoms with E-state index >= 15 is 0 Å². The van der Waals surface area contributed by atoms with Crippen molar-refractivity contribution < 1.29 is 4.79 Å². The minimum Gasteiger partial charge on any atom is -0.301 e. The standard InChI is InChI=1S/C21H19N5OS2/c1-25-10-9-15-19(13-25)29-21(22-15)23-20(27)17-12-16(18-8-5-11-28-18)24-26(17)14-6-3-2-4-7-14/h2-8,11-12H,9-10,13H2,1H3,(H,22,23,27). The molecule has 1 aromatic carbocycles. The van der Waals surface area contributed by atoms with E-state index in [1.807, 2.05) is 53.9 Å². The fraction of sp³-hybridized carbons (Fsp3) is 0.190. The summed E-state index contributed by atoms with van der Waals surface area (Å²) in [7, 11) is 2.10. The van der Waals surface area contributed by atoms with E-state index in [0.717, 1.165) is 41.5 Å². The zero-order valence-corrected chi connectivity index (χ0v) is 17.5. The van der Waals surface area contributed by atoms with Gasteiger partial charge < -0.3 is 4.90 Å². The van der Waals surface area contributed by atoms with Gasteiger partial charge in [0.1, 0.15) is 11.4 Å². The van der Waals surface area contributed by atoms with Crippen LogP contribution in [0, 0.1) is 0 Å². The van der Waals surface area contributed by atoms with Crippen molar-refractivity contribution in [3.63, 3.8) is 0 Å². The molecule has 4 heterocycles. The SMILES string of the molecule is CN1CCc2nc(NC(=O)c3cc(-c4cccs4)nn3-c3ccccc3)sc2C1. The van der Waals surface area contributed by atoms with Crippen molar-refractivity contribution in [2.24, 2.45) is 0 Å². The first kappa shape index (κ1) is 18.2. The second-order valence-corrected chi connectivity index (χ2v) is 9.00. The molecule has 0 radical (unpaired) electrons. The zero-order chi connectivity index (χ0) is 19.8. The third-order valence-corrected chi connectivity index (χ3v) is 6.75. The van der Waals surface area contributed by atoms with E-state index in [4.69, 9.17) is 5.10 Å². The molecular formula is C21H19N5OS2. The number of thiophene rings is 1. The van der Waals surface area contributed by atoms with E-state index in [-0.39, 0.29) is 5.91 Å². The molecule has 146 valence electrons. The van der Waals surface area contributed by atoms with Gasteiger partial charge in [-0.3, -0.25) is 10.1 Å². The molecule has 0 saturated heterocycles. The number of carbonyl (C=O) groups excluding carboxylic acids is 1. The molecule has 8 heteroatoms. The largest absolute Gasteiger partial charge is 0.301 e. The molecule has 5 rings (SSSR count). The van der Waals surface area contributed by atoms with Gasteiger partial charge in [-0.1, -0.05) is 24.3 Å². The molecule has 4 aromatic rings. The second kappa shape index (κ2) is 7.55. The molecule has 29 heavy (non-hydrogen) atoms. The number of benzene rings is 1. The maximum absolute atomic E-state index is 13.2. The van der Waals surface area contributed by atoms with E-state index in [1.165, 1.54) is 4.88 Å². The third-order valence-electron chi connectivity index (χ3n) is 4.86. The van der Waals surface area contributed by atoms with Gasteiger partial charge in [0, 0.05) is 24.4 Å². The van der Waals surface area contributed by atoms with Crippen molar-refractivity contribution in [2.45, 2.75) is 13.0 Å². The fourth-order valence-electron chi connectivity index (χ4n) is 3.39. The Balaban J connectivity index is 1.49. The summed E-state index contributed by atoms with van der Waals surface area (Å²) < 4.78 is 1.70. The van der Waals surface area contributed by atoms with Gasteiger partial charge in [0.25, 0.3) is 5.91 Å². The molecular weight excluding hydrogens is 402 g/mol. The molecule has 1 aliphatic heterocycles. The van der Waals surface area contributed by atoms with Gasteiger partial charge in [-0.25, -0.2) is 9.67 Å². The van der Waals surface area contributed by atoms with E-state index in [2.05, 4.69) is 22.2 Å². The lowest BCUT2D eigenvalue weighted by Gasteiger charge is -2.20. The van der Waals surface area contributed by atoms with Crippen molar-refractivity contribution in [2.75, 3.05) is 18.9 Å². The number of anilines is 1. The first-order valence-corrected chi connectivity index (χ1v) is 11.0. The number of carbonyl (C=O) groups is 1. The van der Waals surface area contributed by atoms with Crippen molar-refractivity contribution in [3.8, 4) is 16.3 Å². The molecule has 3 aromatic heterocycles. The number of hydrogen-bond acceptors (Lipinski definition) is 6. The van der Waals surface area contributed by atoms with Crippen LogP contribution in [0.1, 0.15) is 21.1 Å². The molecule has 0 spiro atoms. The Bertz CT molecular complexity index is 1150. The molecule has 6 nitrogen and oxygen atoms in total. The Hall–Kier alpha value is -2.81. The van der Waals surface area contributed by atoms with Gasteiger partial charge >= 0.3 is 0 Å². The van der Waals surface area contributed by atoms with Crippen LogP contribution in [0.5, 0.6) is 0 Å². The van der Waals surface area contributed by atoms with Gasteiger partial charge in [0.2, 0.25) is 0 Å². The number of nitrogens with one attached hydrogen (secondary N) is 1. The highest BCUT2D eigenvalue weighted by atomic mass is 32.1. The minimum atomic E-state index is -0.205. The smallest absolute Gasteiger partial charge is 0.276 e. The summed E-state index contributed by atoms with van der Waals surface area (Å²) in [4.78, 5) is 22.3. The van der Waals surface area contributed by atoms with Crippen molar-refractivity contribution in [1.82, 2.24) is 19.7 Å². The molecule has 0 atom stereocenters. The normalized spacial score (nSPS) is 14.0. The molecule has 0 aliphatic carbocycles. The van der Waals surface area contributed by atoms with Gasteiger partial charge in [-0.15, -0.1) is 22.7 Å². The summed E-state index contributed by atoms with van der Waals surface area (Å²) in [5.74, 6) is -0.205. The van der Waals surface area contributed by atoms with E-state index < -0.39 is 0 Å². The summed E-state index contributed by atoms with van der Waals surface area (Å²) in [6, 6.07) is 15.6. The molecule has 1 amide bonds. The number of amides is 1. The highest BCUT2D eigenvalue weighted by Gasteiger charge is 2.22. The lowest BCUT2D eigenvalue weighted by atomic mass is 10.2. The predicted molar refractivity (Wildman–Crippen MR) is 117 cm³/mol. The van der Waals surface area contributed by atoms with Crippen LogP contribution in [0.25, 0.3) is 16.3 Å². The zero-order valence-electron chi connectivity index (χ0n) is 15.8. The maximum Gasteiger partial charge on any atom is 0.276 e. The lowest BCUT2D eigenvalue weighted by Crippen LogP contribution is -2.25. The molecule has 0 saturated carbocycles. The average Bonchev–Trinajstić information content (AvgIpc) is 3.47. The van der Waals surface area contributed by atoms with E-state index in [0.29, 0.717) is 10.8 Å². The fourth-order valence-corrected chi connectivity index (χ4v) is 5.16. The third kappa shape index (κ3) is 3.62. The summed E-state index contributed by atoms with van der Waals surface area (Å²) in [6.07, 6.45) is 0.919. The van der Waals surface area contributed by atoms with Gasteiger partial charge in [0.15, 0.2) is 5.13 Å². The topological polar surface area (TPSA) is 63.1 Å². The Labute approximate surface area is 176 Å². The number of rotatable bonds is 4. The average molecular weight is 422 g/mol. The van der Waals surface area contributed by atoms with Crippen LogP contribution in [-0.2, 0) is 13.0 Å². The maximum atomic E-state index is 13.2. The van der Waals surface area contributed by atoms with Crippen molar-refractivity contribution in [1.29, 1.82) is 0 Å². The van der Waals surface area contributed by atoms with Crippen LogP contribution in [0.3, 0.4) is 0 Å². The summed E-state index contributed by atoms with van der Waals surface area (Å²) >= 11 is 3.16. The Kier molecular flexibility index (Phi) is 4.75. The van der Waals surface area contributed by atoms with Crippen molar-refractivity contribution in [3.05, 3.63) is 70.2 Å². The van der Waals surface area contributed by atoms with Crippen LogP contribution in [0.4, 0.5) is 5.13 Å². The highest BCUT2D eigenvalue weighted by Crippen LogP contribution is 2.29. The van der Waals surface area contributed by atoms with Crippen LogP contribution in [0.15, 0.2) is 53.9 Å². The number of hydrogen-bond donors (Lipinski definition) is 1. The predicted octanol–water partition coefficient (Wildman–Crippen LogP) is 4.30. The van der Waals surface area contributed by atoms with Crippen molar-refractivity contribution >= 4 is 33.7 Å². The van der Waals surface area contributed by atoms with Gasteiger partial charge in [-0.05, 0) is 36.7 Å². The number of aromatic nitrogens is 3. The number of para-hydroxylation sites is 1. The second-order valence-electron chi connectivity index (χ2n) is 6.97. The molecule has 1 N–H and O–H groups in total. The first-order chi connectivity index (χ1) is 14.2. The summed E-state index contributed by atoms with van der Waals surface area (Å²) in [5.41, 5.74) is 3.22. The Morgan fingerprint density at radius 2 is 2.03 bits per heavy atom. The van der Waals surface area contributed by atoms with E-state index in [1.54, 1.807) is 27.4 Å². The molecule has 0 fully saturated rings. The van der Waals surface area contributed by atoms with Crippen LogP contribution < -0.4 is 5.32 Å². The van der Waals surface area contributed by atoms with Crippen LogP contribution >= 0.6 is 22.7 Å². The summed E-state index contributed by atoms with van der Waals surface area (Å²) in [6.45, 7) is 1.88. The van der Waals surface area contributed by atoms with Crippen LogP contribution in [-0.4, -0.2) is 39.2 Å². The lowest BCUT2D eigenvalue weighted by molar-refractivity contribution is 0.101. The van der Waals surface area contributed by atoms with Gasteiger partial charge in [0.05, 0.1) is 16.3 Å². The van der Waals surface area contributed by atoms with E-state index in [9.17, 15) is 4.79 Å².